The molecule has 4 heteroatoms. The smallest absolute Gasteiger partial charge is 0.128 e. The number of rotatable bonds is 3. The Hall–Kier alpha value is -0.640. The molecule has 0 fully saturated rings. The van der Waals surface area contributed by atoms with E-state index in [1.807, 2.05) is 0 Å². The summed E-state index contributed by atoms with van der Waals surface area (Å²) in [4.78, 5) is 0. The van der Waals surface area contributed by atoms with Crippen LogP contribution in [0.1, 0.15) is 11.6 Å². The van der Waals surface area contributed by atoms with E-state index in [0.717, 1.165) is 0 Å². The molecule has 1 unspecified atom stereocenters. The summed E-state index contributed by atoms with van der Waals surface area (Å²) in [5.74, 6) is -0.286. The van der Waals surface area contributed by atoms with E-state index in [4.69, 9.17) is 5.11 Å². The van der Waals surface area contributed by atoms with Gasteiger partial charge in [0.05, 0.1) is 12.6 Å². The number of hydrogen-bond donors (Lipinski definition) is 2. The summed E-state index contributed by atoms with van der Waals surface area (Å²) >= 11 is 0. The van der Waals surface area contributed by atoms with Gasteiger partial charge in [0, 0.05) is 5.56 Å². The maximum atomic E-state index is 13.1. The van der Waals surface area contributed by atoms with Crippen molar-refractivity contribution in [1.29, 1.82) is 0 Å². The minimum Gasteiger partial charge on any atom is -0.394 e. The molecule has 1 aromatic carbocycles. The van der Waals surface area contributed by atoms with E-state index in [1.54, 1.807) is 25.2 Å². The van der Waals surface area contributed by atoms with Gasteiger partial charge in [0.2, 0.25) is 0 Å². The molecule has 0 amide bonds. The molecule has 1 aromatic rings. The zero-order valence-corrected chi connectivity index (χ0v) is 8.14. The van der Waals surface area contributed by atoms with Crippen molar-refractivity contribution in [2.45, 2.75) is 6.04 Å². The van der Waals surface area contributed by atoms with Crippen molar-refractivity contribution in [3.8, 4) is 0 Å². The molecule has 0 radical (unpaired) electrons. The molecule has 74 valence electrons. The van der Waals surface area contributed by atoms with Gasteiger partial charge in [0.15, 0.2) is 0 Å². The van der Waals surface area contributed by atoms with Crippen LogP contribution in [0.5, 0.6) is 0 Å². The number of hydrogen-bond acceptors (Lipinski definition) is 2. The predicted molar refractivity (Wildman–Crippen MR) is 52.5 cm³/mol. The van der Waals surface area contributed by atoms with Gasteiger partial charge >= 0.3 is 0 Å². The van der Waals surface area contributed by atoms with Gasteiger partial charge in [0.1, 0.15) is 5.82 Å². The number of halogens is 2. The Bertz CT molecular complexity index is 253. The molecule has 2 nitrogen and oxygen atoms in total. The topological polar surface area (TPSA) is 32.3 Å². The molecule has 2 N–H and O–H groups in total. The summed E-state index contributed by atoms with van der Waals surface area (Å²) < 4.78 is 13.1. The lowest BCUT2D eigenvalue weighted by molar-refractivity contribution is 0.248. The van der Waals surface area contributed by atoms with E-state index < -0.39 is 0 Å². The Morgan fingerprint density at radius 3 is 2.54 bits per heavy atom. The molecule has 0 aromatic heterocycles. The van der Waals surface area contributed by atoms with Crippen LogP contribution in [0.25, 0.3) is 0 Å². The Balaban J connectivity index is 0.00000144. The van der Waals surface area contributed by atoms with Crippen molar-refractivity contribution in [2.75, 3.05) is 13.7 Å². The zero-order chi connectivity index (χ0) is 8.97. The minimum absolute atomic E-state index is 0. The highest BCUT2D eigenvalue weighted by Gasteiger charge is 2.10. The van der Waals surface area contributed by atoms with Gasteiger partial charge in [0.25, 0.3) is 0 Å². The lowest BCUT2D eigenvalue weighted by atomic mass is 10.1. The monoisotopic (exact) mass is 205 g/mol. The quantitative estimate of drug-likeness (QED) is 0.784. The van der Waals surface area contributed by atoms with Gasteiger partial charge < -0.3 is 10.4 Å². The predicted octanol–water partition coefficient (Wildman–Crippen LogP) is 1.50. The Morgan fingerprint density at radius 1 is 1.46 bits per heavy atom. The summed E-state index contributed by atoms with van der Waals surface area (Å²) in [5.41, 5.74) is 0.502. The lowest BCUT2D eigenvalue weighted by Gasteiger charge is -2.13. The fourth-order valence-electron chi connectivity index (χ4n) is 1.10. The first-order valence-electron chi connectivity index (χ1n) is 3.82. The summed E-state index contributed by atoms with van der Waals surface area (Å²) in [6, 6.07) is 6.11. The molecule has 1 atom stereocenters. The van der Waals surface area contributed by atoms with Crippen molar-refractivity contribution in [3.63, 3.8) is 0 Å². The lowest BCUT2D eigenvalue weighted by Crippen LogP contribution is -2.20. The van der Waals surface area contributed by atoms with E-state index in [-0.39, 0.29) is 30.9 Å². The Labute approximate surface area is 83.2 Å². The Kier molecular flexibility index (Phi) is 5.62. The van der Waals surface area contributed by atoms with Crippen molar-refractivity contribution >= 4 is 12.4 Å². The highest BCUT2D eigenvalue weighted by Crippen LogP contribution is 2.15. The molecule has 0 aliphatic heterocycles. The van der Waals surface area contributed by atoms with E-state index in [9.17, 15) is 4.39 Å². The average Bonchev–Trinajstić information content (AvgIpc) is 2.10. The van der Waals surface area contributed by atoms with Gasteiger partial charge in [-0.25, -0.2) is 4.39 Å². The first kappa shape index (κ1) is 12.4. The molecule has 0 heterocycles. The van der Waals surface area contributed by atoms with Crippen LogP contribution in [-0.4, -0.2) is 18.8 Å². The van der Waals surface area contributed by atoms with Gasteiger partial charge in [-0.2, -0.15) is 0 Å². The second-order valence-corrected chi connectivity index (χ2v) is 2.55. The van der Waals surface area contributed by atoms with E-state index >= 15 is 0 Å². The summed E-state index contributed by atoms with van der Waals surface area (Å²) in [6.45, 7) is -0.0998. The molecule has 0 aliphatic rings. The van der Waals surface area contributed by atoms with Gasteiger partial charge in [-0.1, -0.05) is 18.2 Å². The van der Waals surface area contributed by atoms with Crippen molar-refractivity contribution in [2.24, 2.45) is 0 Å². The van der Waals surface area contributed by atoms with Crippen molar-refractivity contribution < 1.29 is 9.50 Å². The third-order valence-electron chi connectivity index (χ3n) is 1.81. The normalized spacial score (nSPS) is 11.9. The highest BCUT2D eigenvalue weighted by molar-refractivity contribution is 5.85. The third kappa shape index (κ3) is 2.95. The SMILES string of the molecule is CNC(CO)c1ccccc1F.Cl. The molecular weight excluding hydrogens is 193 g/mol. The van der Waals surface area contributed by atoms with Crippen LogP contribution in [0.3, 0.4) is 0 Å². The number of aliphatic hydroxyl groups excluding tert-OH is 1. The standard InChI is InChI=1S/C9H12FNO.ClH/c1-11-9(6-12)7-4-2-3-5-8(7)10;/h2-5,9,11-12H,6H2,1H3;1H. The first-order chi connectivity index (χ1) is 5.79. The molecular formula is C9H13ClFNO. The van der Waals surface area contributed by atoms with E-state index in [2.05, 4.69) is 5.32 Å². The summed E-state index contributed by atoms with van der Waals surface area (Å²) in [5, 5.41) is 11.7. The Morgan fingerprint density at radius 2 is 2.08 bits per heavy atom. The molecule has 0 bridgehead atoms. The van der Waals surface area contributed by atoms with Crippen molar-refractivity contribution in [1.82, 2.24) is 5.32 Å². The second-order valence-electron chi connectivity index (χ2n) is 2.55. The van der Waals surface area contributed by atoms with E-state index in [1.165, 1.54) is 6.07 Å². The minimum atomic E-state index is -0.314. The van der Waals surface area contributed by atoms with Crippen LogP contribution < -0.4 is 5.32 Å². The maximum Gasteiger partial charge on any atom is 0.128 e. The maximum absolute atomic E-state index is 13.1. The van der Waals surface area contributed by atoms with Crippen molar-refractivity contribution in [3.05, 3.63) is 35.6 Å². The number of benzene rings is 1. The van der Waals surface area contributed by atoms with Gasteiger partial charge in [-0.15, -0.1) is 12.4 Å². The third-order valence-corrected chi connectivity index (χ3v) is 1.81. The molecule has 1 rings (SSSR count). The molecule has 0 spiro atoms. The van der Waals surface area contributed by atoms with Gasteiger partial charge in [-0.05, 0) is 13.1 Å². The van der Waals surface area contributed by atoms with Crippen LogP contribution in [0.15, 0.2) is 24.3 Å². The fraction of sp³-hybridized carbons (Fsp3) is 0.333. The average molecular weight is 206 g/mol. The largest absolute Gasteiger partial charge is 0.394 e. The second kappa shape index (κ2) is 5.91. The van der Waals surface area contributed by atoms with Crippen LogP contribution in [0, 0.1) is 5.82 Å². The molecule has 0 saturated heterocycles. The first-order valence-corrected chi connectivity index (χ1v) is 3.82. The molecule has 13 heavy (non-hydrogen) atoms. The summed E-state index contributed by atoms with van der Waals surface area (Å²) in [6.07, 6.45) is 0. The molecule has 0 saturated carbocycles. The zero-order valence-electron chi connectivity index (χ0n) is 7.33. The van der Waals surface area contributed by atoms with E-state index in [0.29, 0.717) is 5.56 Å². The number of aliphatic hydroxyl groups is 1. The van der Waals surface area contributed by atoms with Crippen LogP contribution in [0.4, 0.5) is 4.39 Å². The van der Waals surface area contributed by atoms with Gasteiger partial charge in [-0.3, -0.25) is 0 Å². The highest BCUT2D eigenvalue weighted by atomic mass is 35.5. The van der Waals surface area contributed by atoms with Crippen LogP contribution in [0.2, 0.25) is 0 Å². The number of likely N-dealkylation sites (N-methyl/N-ethyl adjacent to an activating group) is 1. The summed E-state index contributed by atoms with van der Waals surface area (Å²) in [7, 11) is 1.69. The van der Waals surface area contributed by atoms with Crippen LogP contribution >= 0.6 is 12.4 Å². The number of nitrogens with one attached hydrogen (secondary N) is 1. The van der Waals surface area contributed by atoms with Crippen LogP contribution in [-0.2, 0) is 0 Å². The molecule has 0 aliphatic carbocycles. The fourth-order valence-corrected chi connectivity index (χ4v) is 1.10.